The normalized spacial score (nSPS) is 13.0. The molecule has 0 fully saturated rings. The molecule has 0 rings (SSSR count). The van der Waals surface area contributed by atoms with E-state index in [9.17, 15) is 19.8 Å². The average molecular weight is 856 g/mol. The summed E-state index contributed by atoms with van der Waals surface area (Å²) in [4.78, 5) is 24.4. The van der Waals surface area contributed by atoms with Crippen LogP contribution >= 0.6 is 0 Å². The monoisotopic (exact) mass is 856 g/mol. The van der Waals surface area contributed by atoms with Crippen molar-refractivity contribution in [2.24, 2.45) is 0 Å². The van der Waals surface area contributed by atoms with Crippen LogP contribution in [0.2, 0.25) is 0 Å². The zero-order valence-electron chi connectivity index (χ0n) is 40.4. The largest absolute Gasteiger partial charge is 0.466 e. The summed E-state index contributed by atoms with van der Waals surface area (Å²) in [5, 5.41) is 23.0. The molecule has 0 aliphatic rings. The molecule has 0 spiro atoms. The Labute approximate surface area is 378 Å². The van der Waals surface area contributed by atoms with Gasteiger partial charge in [-0.15, -0.1) is 0 Å². The van der Waals surface area contributed by atoms with Crippen molar-refractivity contribution in [3.63, 3.8) is 0 Å². The Balaban J connectivity index is 3.49. The summed E-state index contributed by atoms with van der Waals surface area (Å²) in [5.41, 5.74) is 0. The molecule has 0 radical (unpaired) electrons. The fraction of sp³-hybridized carbons (Fsp3) is 0.818. The first-order valence-electron chi connectivity index (χ1n) is 26.4. The van der Waals surface area contributed by atoms with Crippen molar-refractivity contribution < 1.29 is 24.5 Å². The lowest BCUT2D eigenvalue weighted by molar-refractivity contribution is -0.143. The molecule has 0 heterocycles. The van der Waals surface area contributed by atoms with Crippen molar-refractivity contribution in [2.45, 2.75) is 276 Å². The fourth-order valence-electron chi connectivity index (χ4n) is 7.71. The standard InChI is InChI=1S/C55H101NO5/c1-3-5-7-9-11-13-15-16-17-18-19-22-25-29-33-37-41-45-49-55(60)61-50-46-42-38-34-30-26-23-20-21-24-28-32-36-40-44-48-54(59)56-52(51-57)53(58)47-43-39-35-31-27-14-12-10-8-6-4-2/h13,15,17-18,23,26,43,47,52-53,57-58H,3-12,14,16,19-22,24-25,27-42,44-46,48-51H2,1-2H3,(H,56,59)/b15-13-,18-17-,26-23-,47-43+. The molecule has 356 valence electrons. The van der Waals surface area contributed by atoms with Gasteiger partial charge in [0, 0.05) is 12.8 Å². The first-order valence-corrected chi connectivity index (χ1v) is 26.4. The van der Waals surface area contributed by atoms with E-state index in [0.717, 1.165) is 77.0 Å². The number of carbonyl (C=O) groups is 2. The summed E-state index contributed by atoms with van der Waals surface area (Å²) in [6, 6.07) is -0.639. The topological polar surface area (TPSA) is 95.9 Å². The molecule has 61 heavy (non-hydrogen) atoms. The number of ether oxygens (including phenoxy) is 1. The lowest BCUT2D eigenvalue weighted by atomic mass is 10.1. The van der Waals surface area contributed by atoms with Gasteiger partial charge in [-0.3, -0.25) is 9.59 Å². The second kappa shape index (κ2) is 50.5. The van der Waals surface area contributed by atoms with Gasteiger partial charge < -0.3 is 20.3 Å². The molecule has 6 nitrogen and oxygen atoms in total. The second-order valence-electron chi connectivity index (χ2n) is 17.8. The molecule has 3 N–H and O–H groups in total. The number of hydrogen-bond acceptors (Lipinski definition) is 5. The summed E-state index contributed by atoms with van der Waals surface area (Å²) in [5.74, 6) is -0.106. The predicted octanol–water partition coefficient (Wildman–Crippen LogP) is 15.8. The predicted molar refractivity (Wildman–Crippen MR) is 264 cm³/mol. The van der Waals surface area contributed by atoms with E-state index in [2.05, 4.69) is 55.6 Å². The molecule has 0 aromatic rings. The first-order chi connectivity index (χ1) is 30.0. The van der Waals surface area contributed by atoms with E-state index in [4.69, 9.17) is 4.74 Å². The lowest BCUT2D eigenvalue weighted by Crippen LogP contribution is -2.45. The van der Waals surface area contributed by atoms with Crippen LogP contribution in [0.1, 0.15) is 264 Å². The number of amides is 1. The average Bonchev–Trinajstić information content (AvgIpc) is 3.26. The SMILES string of the molecule is CCCCCC/C=C\C/C=C\CCCCCCCCCC(=O)OCCCCCC/C=C\CCCCCCCCCC(=O)NC(CO)C(O)/C=C/CCCCCCCCCCC. The van der Waals surface area contributed by atoms with Crippen LogP contribution in [0.15, 0.2) is 48.6 Å². The summed E-state index contributed by atoms with van der Waals surface area (Å²) >= 11 is 0. The minimum absolute atomic E-state index is 0.0196. The van der Waals surface area contributed by atoms with Gasteiger partial charge in [-0.05, 0) is 89.9 Å². The van der Waals surface area contributed by atoms with Crippen LogP contribution in [-0.4, -0.2) is 47.4 Å². The maximum atomic E-state index is 12.4. The zero-order valence-corrected chi connectivity index (χ0v) is 40.4. The number of aliphatic hydroxyl groups is 2. The van der Waals surface area contributed by atoms with Gasteiger partial charge in [0.1, 0.15) is 0 Å². The number of rotatable bonds is 48. The summed E-state index contributed by atoms with van der Waals surface area (Å²) < 4.78 is 5.46. The van der Waals surface area contributed by atoms with Gasteiger partial charge in [0.25, 0.3) is 0 Å². The number of carbonyl (C=O) groups excluding carboxylic acids is 2. The highest BCUT2D eigenvalue weighted by molar-refractivity contribution is 5.76. The Bertz CT molecular complexity index is 1040. The van der Waals surface area contributed by atoms with Crippen LogP contribution in [0.3, 0.4) is 0 Å². The lowest BCUT2D eigenvalue weighted by Gasteiger charge is -2.20. The Kier molecular flexibility index (Phi) is 48.7. The van der Waals surface area contributed by atoms with E-state index in [1.165, 1.54) is 161 Å². The summed E-state index contributed by atoms with van der Waals surface area (Å²) in [7, 11) is 0. The van der Waals surface area contributed by atoms with Crippen molar-refractivity contribution in [1.82, 2.24) is 5.32 Å². The number of aliphatic hydroxyl groups excluding tert-OH is 2. The van der Waals surface area contributed by atoms with Crippen molar-refractivity contribution in [3.05, 3.63) is 48.6 Å². The first kappa shape index (κ1) is 58.8. The van der Waals surface area contributed by atoms with Crippen molar-refractivity contribution in [3.8, 4) is 0 Å². The quantitative estimate of drug-likeness (QED) is 0.0322. The molecule has 2 unspecified atom stereocenters. The third-order valence-electron chi connectivity index (χ3n) is 11.8. The maximum Gasteiger partial charge on any atom is 0.305 e. The fourth-order valence-corrected chi connectivity index (χ4v) is 7.71. The third kappa shape index (κ3) is 47.1. The van der Waals surface area contributed by atoms with Gasteiger partial charge in [0.15, 0.2) is 0 Å². The minimum Gasteiger partial charge on any atom is -0.466 e. The van der Waals surface area contributed by atoms with E-state index in [0.29, 0.717) is 19.4 Å². The highest BCUT2D eigenvalue weighted by Crippen LogP contribution is 2.14. The van der Waals surface area contributed by atoms with Gasteiger partial charge in [-0.25, -0.2) is 0 Å². The number of esters is 1. The van der Waals surface area contributed by atoms with Crippen LogP contribution in [-0.2, 0) is 14.3 Å². The Morgan fingerprint density at radius 1 is 0.459 bits per heavy atom. The van der Waals surface area contributed by atoms with Gasteiger partial charge in [-0.2, -0.15) is 0 Å². The van der Waals surface area contributed by atoms with E-state index < -0.39 is 12.1 Å². The van der Waals surface area contributed by atoms with Crippen LogP contribution in [0, 0.1) is 0 Å². The summed E-state index contributed by atoms with van der Waals surface area (Å²) in [6.07, 6.45) is 62.6. The van der Waals surface area contributed by atoms with Gasteiger partial charge in [0.2, 0.25) is 5.91 Å². The second-order valence-corrected chi connectivity index (χ2v) is 17.8. The van der Waals surface area contributed by atoms with Gasteiger partial charge in [-0.1, -0.05) is 210 Å². The smallest absolute Gasteiger partial charge is 0.305 e. The van der Waals surface area contributed by atoms with E-state index in [1.54, 1.807) is 6.08 Å². The number of hydrogen-bond donors (Lipinski definition) is 3. The van der Waals surface area contributed by atoms with Crippen molar-refractivity contribution in [1.29, 1.82) is 0 Å². The molecule has 2 atom stereocenters. The van der Waals surface area contributed by atoms with Crippen LogP contribution in [0.4, 0.5) is 0 Å². The van der Waals surface area contributed by atoms with Crippen molar-refractivity contribution >= 4 is 11.9 Å². The highest BCUT2D eigenvalue weighted by Gasteiger charge is 2.18. The molecule has 0 aromatic heterocycles. The molecule has 1 amide bonds. The molecule has 6 heteroatoms. The molecule has 0 aliphatic carbocycles. The summed E-state index contributed by atoms with van der Waals surface area (Å²) in [6.45, 7) is 4.82. The zero-order chi connectivity index (χ0) is 44.4. The Morgan fingerprint density at radius 2 is 0.820 bits per heavy atom. The van der Waals surface area contributed by atoms with E-state index >= 15 is 0 Å². The van der Waals surface area contributed by atoms with Crippen LogP contribution in [0.25, 0.3) is 0 Å². The molecule has 0 aliphatic heterocycles. The highest BCUT2D eigenvalue weighted by atomic mass is 16.5. The molecular formula is C55H101NO5. The van der Waals surface area contributed by atoms with E-state index in [1.807, 2.05) is 6.08 Å². The third-order valence-corrected chi connectivity index (χ3v) is 11.8. The van der Waals surface area contributed by atoms with Gasteiger partial charge >= 0.3 is 5.97 Å². The molecule has 0 saturated carbocycles. The minimum atomic E-state index is -0.854. The van der Waals surface area contributed by atoms with Gasteiger partial charge in [0.05, 0.1) is 25.4 Å². The van der Waals surface area contributed by atoms with E-state index in [-0.39, 0.29) is 18.5 Å². The molecular weight excluding hydrogens is 755 g/mol. The Morgan fingerprint density at radius 3 is 1.28 bits per heavy atom. The van der Waals surface area contributed by atoms with Crippen LogP contribution < -0.4 is 5.32 Å². The molecule has 0 bridgehead atoms. The van der Waals surface area contributed by atoms with Crippen LogP contribution in [0.5, 0.6) is 0 Å². The maximum absolute atomic E-state index is 12.4. The number of unbranched alkanes of at least 4 members (excludes halogenated alkanes) is 31. The molecule has 0 aromatic carbocycles. The number of nitrogens with one attached hydrogen (secondary N) is 1. The molecule has 0 saturated heterocycles. The number of allylic oxidation sites excluding steroid dienone is 7. The van der Waals surface area contributed by atoms with Crippen molar-refractivity contribution in [2.75, 3.05) is 13.2 Å². The Hall–Kier alpha value is -2.18.